The summed E-state index contributed by atoms with van der Waals surface area (Å²) < 4.78 is 13.4. The summed E-state index contributed by atoms with van der Waals surface area (Å²) in [4.78, 5) is 12.5. The normalized spacial score (nSPS) is 10.8. The van der Waals surface area contributed by atoms with Crippen LogP contribution in [0.15, 0.2) is 48.5 Å². The molecular weight excluding hydrogens is 352 g/mol. The van der Waals surface area contributed by atoms with E-state index in [9.17, 15) is 4.79 Å². The van der Waals surface area contributed by atoms with E-state index in [1.54, 1.807) is 18.2 Å². The number of aryl methyl sites for hydroxylation is 2. The van der Waals surface area contributed by atoms with Gasteiger partial charge in [0.2, 0.25) is 0 Å². The Labute approximate surface area is 166 Å². The van der Waals surface area contributed by atoms with Crippen molar-refractivity contribution in [2.75, 3.05) is 19.8 Å². The van der Waals surface area contributed by atoms with Crippen LogP contribution in [0.1, 0.15) is 36.3 Å². The molecule has 0 atom stereocenters. The number of fused-ring (bicyclic) bond motifs is 1. The first-order valence-corrected chi connectivity index (χ1v) is 9.86. The molecule has 148 valence electrons. The van der Waals surface area contributed by atoms with E-state index in [0.29, 0.717) is 36.8 Å². The highest BCUT2D eigenvalue weighted by Crippen LogP contribution is 2.28. The summed E-state index contributed by atoms with van der Waals surface area (Å²) >= 11 is 0. The zero-order valence-corrected chi connectivity index (χ0v) is 16.8. The van der Waals surface area contributed by atoms with Gasteiger partial charge in [-0.3, -0.25) is 4.79 Å². The highest BCUT2D eigenvalue weighted by molar-refractivity contribution is 5.94. The number of amides is 1. The highest BCUT2D eigenvalue weighted by Gasteiger charge is 2.11. The number of ether oxygens (including phenoxy) is 2. The number of nitrogens with one attached hydrogen (secondary N) is 1. The minimum atomic E-state index is -0.0990. The van der Waals surface area contributed by atoms with Crippen LogP contribution in [0, 0.1) is 6.92 Å². The van der Waals surface area contributed by atoms with Gasteiger partial charge in [-0.2, -0.15) is 0 Å². The molecule has 0 fully saturated rings. The van der Waals surface area contributed by atoms with Gasteiger partial charge in [-0.25, -0.2) is 0 Å². The molecule has 0 bridgehead atoms. The van der Waals surface area contributed by atoms with Crippen LogP contribution in [-0.4, -0.2) is 30.2 Å². The Kier molecular flexibility index (Phi) is 6.58. The number of benzene rings is 2. The second-order valence-corrected chi connectivity index (χ2v) is 6.63. The fraction of sp³-hybridized carbons (Fsp3) is 0.348. The van der Waals surface area contributed by atoms with E-state index >= 15 is 0 Å². The Bertz CT molecular complexity index is 946. The molecule has 1 amide bonds. The van der Waals surface area contributed by atoms with Crippen molar-refractivity contribution in [2.24, 2.45) is 0 Å². The number of nitrogens with zero attached hydrogens (tertiary/aromatic N) is 1. The second kappa shape index (κ2) is 9.31. The summed E-state index contributed by atoms with van der Waals surface area (Å²) in [5, 5.41) is 4.25. The summed E-state index contributed by atoms with van der Waals surface area (Å²) in [6, 6.07) is 15.9. The monoisotopic (exact) mass is 380 g/mol. The number of carbonyl (C=O) groups excluding carboxylic acids is 1. The molecule has 5 heteroatoms. The van der Waals surface area contributed by atoms with E-state index in [-0.39, 0.29) is 5.91 Å². The van der Waals surface area contributed by atoms with Crippen molar-refractivity contribution in [3.8, 4) is 11.5 Å². The van der Waals surface area contributed by atoms with Crippen LogP contribution < -0.4 is 14.8 Å². The van der Waals surface area contributed by atoms with Gasteiger partial charge in [0.25, 0.3) is 5.91 Å². The number of aromatic nitrogens is 1. The predicted molar refractivity (Wildman–Crippen MR) is 112 cm³/mol. The lowest BCUT2D eigenvalue weighted by Gasteiger charge is -2.13. The second-order valence-electron chi connectivity index (χ2n) is 6.63. The maximum atomic E-state index is 12.5. The van der Waals surface area contributed by atoms with E-state index in [1.165, 1.54) is 16.6 Å². The van der Waals surface area contributed by atoms with Gasteiger partial charge < -0.3 is 19.4 Å². The lowest BCUT2D eigenvalue weighted by Crippen LogP contribution is -2.25. The fourth-order valence-electron chi connectivity index (χ4n) is 3.38. The maximum Gasteiger partial charge on any atom is 0.251 e. The van der Waals surface area contributed by atoms with Crippen LogP contribution in [0.25, 0.3) is 10.9 Å². The third-order valence-corrected chi connectivity index (χ3v) is 4.67. The lowest BCUT2D eigenvalue weighted by molar-refractivity contribution is 0.0952. The molecule has 1 aromatic heterocycles. The smallest absolute Gasteiger partial charge is 0.251 e. The van der Waals surface area contributed by atoms with E-state index in [4.69, 9.17) is 9.47 Å². The quantitative estimate of drug-likeness (QED) is 0.553. The number of carbonyl (C=O) groups is 1. The van der Waals surface area contributed by atoms with Gasteiger partial charge in [-0.15, -0.1) is 0 Å². The van der Waals surface area contributed by atoms with Crippen molar-refractivity contribution < 1.29 is 14.3 Å². The molecule has 5 nitrogen and oxygen atoms in total. The van der Waals surface area contributed by atoms with Gasteiger partial charge in [0.1, 0.15) is 0 Å². The lowest BCUT2D eigenvalue weighted by atomic mass is 10.2. The minimum Gasteiger partial charge on any atom is -0.490 e. The van der Waals surface area contributed by atoms with Crippen LogP contribution in [0.3, 0.4) is 0 Å². The molecule has 3 aromatic rings. The standard InChI is InChI=1S/C23H28N2O3/c1-4-27-21-12-11-19(16-22(21)28-5-2)23(26)24-13-8-14-25-17(3)15-18-9-6-7-10-20(18)25/h6-7,9-12,15-16H,4-5,8,13-14H2,1-3H3,(H,24,26). The molecule has 0 spiro atoms. The van der Waals surface area contributed by atoms with Crippen LogP contribution >= 0.6 is 0 Å². The summed E-state index contributed by atoms with van der Waals surface area (Å²) in [6.45, 7) is 8.51. The molecule has 0 saturated carbocycles. The number of para-hydroxylation sites is 1. The zero-order chi connectivity index (χ0) is 19.9. The molecule has 1 N–H and O–H groups in total. The van der Waals surface area contributed by atoms with Crippen molar-refractivity contribution >= 4 is 16.8 Å². The summed E-state index contributed by atoms with van der Waals surface area (Å²) in [5.74, 6) is 1.17. The molecule has 2 aromatic carbocycles. The van der Waals surface area contributed by atoms with E-state index in [2.05, 4.69) is 47.1 Å². The first-order valence-electron chi connectivity index (χ1n) is 9.86. The average Bonchev–Trinajstić information content (AvgIpc) is 3.02. The topological polar surface area (TPSA) is 52.5 Å². The first kappa shape index (κ1) is 19.8. The molecule has 1 heterocycles. The largest absolute Gasteiger partial charge is 0.490 e. The zero-order valence-electron chi connectivity index (χ0n) is 16.8. The van der Waals surface area contributed by atoms with Crippen molar-refractivity contribution in [1.82, 2.24) is 9.88 Å². The Balaban J connectivity index is 1.58. The molecule has 0 aliphatic rings. The number of hydrogen-bond donors (Lipinski definition) is 1. The van der Waals surface area contributed by atoms with Crippen LogP contribution in [-0.2, 0) is 6.54 Å². The van der Waals surface area contributed by atoms with Gasteiger partial charge >= 0.3 is 0 Å². The first-order chi connectivity index (χ1) is 13.6. The molecule has 3 rings (SSSR count). The van der Waals surface area contributed by atoms with Gasteiger partial charge in [0.15, 0.2) is 11.5 Å². The molecule has 28 heavy (non-hydrogen) atoms. The minimum absolute atomic E-state index is 0.0990. The van der Waals surface area contributed by atoms with E-state index in [0.717, 1.165) is 13.0 Å². The van der Waals surface area contributed by atoms with Gasteiger partial charge in [-0.1, -0.05) is 18.2 Å². The Hall–Kier alpha value is -2.95. The van der Waals surface area contributed by atoms with Gasteiger partial charge in [0, 0.05) is 29.9 Å². The third kappa shape index (κ3) is 4.47. The molecule has 0 unspecified atom stereocenters. The van der Waals surface area contributed by atoms with E-state index in [1.807, 2.05) is 13.8 Å². The van der Waals surface area contributed by atoms with Crippen LogP contribution in [0.5, 0.6) is 11.5 Å². The number of rotatable bonds is 9. The highest BCUT2D eigenvalue weighted by atomic mass is 16.5. The van der Waals surface area contributed by atoms with Gasteiger partial charge in [-0.05, 0) is 62.9 Å². The van der Waals surface area contributed by atoms with Gasteiger partial charge in [0.05, 0.1) is 13.2 Å². The Morgan fingerprint density at radius 2 is 1.75 bits per heavy atom. The Morgan fingerprint density at radius 3 is 2.54 bits per heavy atom. The SMILES string of the molecule is CCOc1ccc(C(=O)NCCCn2c(C)cc3ccccc32)cc1OCC. The summed E-state index contributed by atoms with van der Waals surface area (Å²) in [6.07, 6.45) is 0.862. The number of hydrogen-bond acceptors (Lipinski definition) is 3. The van der Waals surface area contributed by atoms with Crippen LogP contribution in [0.4, 0.5) is 0 Å². The average molecular weight is 380 g/mol. The molecule has 0 aliphatic carbocycles. The molecule has 0 radical (unpaired) electrons. The third-order valence-electron chi connectivity index (χ3n) is 4.67. The van der Waals surface area contributed by atoms with Crippen molar-refractivity contribution in [3.05, 3.63) is 59.8 Å². The summed E-state index contributed by atoms with van der Waals surface area (Å²) in [7, 11) is 0. The molecule has 0 aliphatic heterocycles. The van der Waals surface area contributed by atoms with Crippen molar-refractivity contribution in [3.63, 3.8) is 0 Å². The van der Waals surface area contributed by atoms with Crippen LogP contribution in [0.2, 0.25) is 0 Å². The Morgan fingerprint density at radius 1 is 1.00 bits per heavy atom. The molecular formula is C23H28N2O3. The predicted octanol–water partition coefficient (Wildman–Crippen LogP) is 4.57. The van der Waals surface area contributed by atoms with Crippen molar-refractivity contribution in [1.29, 1.82) is 0 Å². The molecule has 0 saturated heterocycles. The van der Waals surface area contributed by atoms with Crippen molar-refractivity contribution in [2.45, 2.75) is 33.7 Å². The maximum absolute atomic E-state index is 12.5. The fourth-order valence-corrected chi connectivity index (χ4v) is 3.38. The summed E-state index contributed by atoms with van der Waals surface area (Å²) in [5.41, 5.74) is 3.05. The van der Waals surface area contributed by atoms with E-state index < -0.39 is 0 Å².